The van der Waals surface area contributed by atoms with E-state index in [9.17, 15) is 9.59 Å². The molecule has 0 bridgehead atoms. The Balaban J connectivity index is 2.24. The lowest BCUT2D eigenvalue weighted by atomic mass is 10.2. The van der Waals surface area contributed by atoms with Crippen molar-refractivity contribution in [1.29, 1.82) is 0 Å². The van der Waals surface area contributed by atoms with Crippen molar-refractivity contribution in [3.8, 4) is 11.5 Å². The summed E-state index contributed by atoms with van der Waals surface area (Å²) in [6.45, 7) is 2.02. The molecule has 9 heteroatoms. The molecule has 1 aromatic carbocycles. The van der Waals surface area contributed by atoms with E-state index in [2.05, 4.69) is 15.3 Å². The van der Waals surface area contributed by atoms with Crippen molar-refractivity contribution in [2.45, 2.75) is 18.5 Å². The molecule has 0 unspecified atom stereocenters. The van der Waals surface area contributed by atoms with E-state index in [4.69, 9.17) is 15.2 Å². The summed E-state index contributed by atoms with van der Waals surface area (Å²) in [4.78, 5) is 31.3. The molecule has 1 heterocycles. The second-order valence-corrected chi connectivity index (χ2v) is 6.09. The summed E-state index contributed by atoms with van der Waals surface area (Å²) in [5, 5.41) is 2.92. The molecule has 134 valence electrons. The standard InChI is InChI=1S/C16H20N4O4S/c1-4-7-25-16-19-13(17)12(15(22)20-16)18-14(21)9-5-6-10(23-2)11(8-9)24-3/h5-6,8H,4,7H2,1-3H3,(H,18,21)(H3,17,19,20,22). The molecule has 25 heavy (non-hydrogen) atoms. The predicted octanol–water partition coefficient (Wildman–Crippen LogP) is 2.12. The Morgan fingerprint density at radius 3 is 2.64 bits per heavy atom. The average molecular weight is 364 g/mol. The van der Waals surface area contributed by atoms with Crippen LogP contribution in [0.3, 0.4) is 0 Å². The van der Waals surface area contributed by atoms with Gasteiger partial charge in [0.2, 0.25) is 0 Å². The van der Waals surface area contributed by atoms with Crippen molar-refractivity contribution in [1.82, 2.24) is 9.97 Å². The predicted molar refractivity (Wildman–Crippen MR) is 97.8 cm³/mol. The second-order valence-electron chi connectivity index (χ2n) is 5.00. The van der Waals surface area contributed by atoms with Gasteiger partial charge in [-0.2, -0.15) is 0 Å². The van der Waals surface area contributed by atoms with Gasteiger partial charge >= 0.3 is 0 Å². The summed E-state index contributed by atoms with van der Waals surface area (Å²) in [6, 6.07) is 4.67. The fourth-order valence-electron chi connectivity index (χ4n) is 2.02. The first-order valence-electron chi connectivity index (χ1n) is 7.56. The quantitative estimate of drug-likeness (QED) is 0.508. The molecule has 2 aromatic rings. The third-order valence-corrected chi connectivity index (χ3v) is 4.33. The lowest BCUT2D eigenvalue weighted by Crippen LogP contribution is -2.23. The molecule has 1 aromatic heterocycles. The van der Waals surface area contributed by atoms with E-state index in [1.165, 1.54) is 32.0 Å². The number of anilines is 2. The van der Waals surface area contributed by atoms with Gasteiger partial charge in [-0.05, 0) is 24.6 Å². The van der Waals surface area contributed by atoms with Crippen LogP contribution in [0.4, 0.5) is 11.5 Å². The molecule has 0 radical (unpaired) electrons. The number of hydrogen-bond acceptors (Lipinski definition) is 7. The maximum atomic E-state index is 12.4. The summed E-state index contributed by atoms with van der Waals surface area (Å²) >= 11 is 1.39. The first-order valence-corrected chi connectivity index (χ1v) is 8.54. The van der Waals surface area contributed by atoms with Crippen LogP contribution in [0.5, 0.6) is 11.5 Å². The summed E-state index contributed by atoms with van der Waals surface area (Å²) in [5.41, 5.74) is 5.53. The van der Waals surface area contributed by atoms with Crippen LogP contribution in [0.15, 0.2) is 28.2 Å². The number of nitrogens with two attached hydrogens (primary N) is 1. The number of amides is 1. The highest BCUT2D eigenvalue weighted by molar-refractivity contribution is 7.99. The van der Waals surface area contributed by atoms with Gasteiger partial charge in [-0.3, -0.25) is 14.6 Å². The van der Waals surface area contributed by atoms with Gasteiger partial charge in [-0.25, -0.2) is 4.98 Å². The minimum atomic E-state index is -0.506. The van der Waals surface area contributed by atoms with Gasteiger partial charge < -0.3 is 20.5 Å². The number of H-pyrrole nitrogens is 1. The maximum absolute atomic E-state index is 12.4. The third kappa shape index (κ3) is 4.44. The van der Waals surface area contributed by atoms with Crippen molar-refractivity contribution in [2.24, 2.45) is 0 Å². The number of methoxy groups -OCH3 is 2. The number of nitrogens with zero attached hydrogens (tertiary/aromatic N) is 1. The number of hydrogen-bond donors (Lipinski definition) is 3. The van der Waals surface area contributed by atoms with Gasteiger partial charge in [0.15, 0.2) is 22.5 Å². The van der Waals surface area contributed by atoms with E-state index in [-0.39, 0.29) is 11.5 Å². The van der Waals surface area contributed by atoms with Crippen LogP contribution >= 0.6 is 11.8 Å². The van der Waals surface area contributed by atoms with Crippen LogP contribution in [-0.4, -0.2) is 35.8 Å². The number of ether oxygens (including phenoxy) is 2. The number of carbonyl (C=O) groups is 1. The number of thioether (sulfide) groups is 1. The number of benzene rings is 1. The van der Waals surface area contributed by atoms with Crippen molar-refractivity contribution in [3.05, 3.63) is 34.1 Å². The summed E-state index contributed by atoms with van der Waals surface area (Å²) in [5.74, 6) is 1.17. The Bertz CT molecular complexity index is 822. The van der Waals surface area contributed by atoms with E-state index in [1.54, 1.807) is 12.1 Å². The van der Waals surface area contributed by atoms with Crippen LogP contribution in [0.25, 0.3) is 0 Å². The molecule has 1 amide bonds. The smallest absolute Gasteiger partial charge is 0.277 e. The van der Waals surface area contributed by atoms with Crippen LogP contribution in [0, 0.1) is 0 Å². The highest BCUT2D eigenvalue weighted by atomic mass is 32.2. The summed E-state index contributed by atoms with van der Waals surface area (Å²) in [6.07, 6.45) is 0.937. The zero-order valence-electron chi connectivity index (χ0n) is 14.2. The molecule has 8 nitrogen and oxygen atoms in total. The van der Waals surface area contributed by atoms with Gasteiger partial charge in [-0.1, -0.05) is 18.7 Å². The van der Waals surface area contributed by atoms with Crippen LogP contribution in [-0.2, 0) is 0 Å². The number of nitrogens with one attached hydrogen (secondary N) is 2. The number of nitrogen functional groups attached to an aromatic ring is 1. The van der Waals surface area contributed by atoms with Crippen molar-refractivity contribution < 1.29 is 14.3 Å². The van der Waals surface area contributed by atoms with E-state index in [0.29, 0.717) is 22.2 Å². The van der Waals surface area contributed by atoms with E-state index < -0.39 is 11.5 Å². The molecule has 0 spiro atoms. The Kier molecular flexibility index (Phi) is 6.29. The molecular formula is C16H20N4O4S. The monoisotopic (exact) mass is 364 g/mol. The molecule has 0 saturated heterocycles. The number of rotatable bonds is 7. The number of carbonyl (C=O) groups excluding carboxylic acids is 1. The summed E-state index contributed by atoms with van der Waals surface area (Å²) < 4.78 is 10.3. The molecule has 0 aliphatic rings. The van der Waals surface area contributed by atoms with Crippen molar-refractivity contribution in [2.75, 3.05) is 31.0 Å². The fourth-order valence-corrected chi connectivity index (χ4v) is 2.75. The first kappa shape index (κ1) is 18.7. The van der Waals surface area contributed by atoms with Gasteiger partial charge in [0.05, 0.1) is 14.2 Å². The lowest BCUT2D eigenvalue weighted by Gasteiger charge is -2.11. The van der Waals surface area contributed by atoms with Crippen LogP contribution in [0.1, 0.15) is 23.7 Å². The fraction of sp³-hybridized carbons (Fsp3) is 0.312. The Hall–Kier alpha value is -2.68. The minimum Gasteiger partial charge on any atom is -0.493 e. The zero-order chi connectivity index (χ0) is 18.4. The molecule has 0 fully saturated rings. The Morgan fingerprint density at radius 1 is 1.32 bits per heavy atom. The Morgan fingerprint density at radius 2 is 2.04 bits per heavy atom. The molecule has 0 atom stereocenters. The molecular weight excluding hydrogens is 344 g/mol. The van der Waals surface area contributed by atoms with Gasteiger partial charge in [0.25, 0.3) is 11.5 Å². The first-order chi connectivity index (χ1) is 12.0. The third-order valence-electron chi connectivity index (χ3n) is 3.25. The summed E-state index contributed by atoms with van der Waals surface area (Å²) in [7, 11) is 2.97. The largest absolute Gasteiger partial charge is 0.493 e. The maximum Gasteiger partial charge on any atom is 0.277 e. The Labute approximate surface area is 149 Å². The van der Waals surface area contributed by atoms with E-state index in [0.717, 1.165) is 12.2 Å². The lowest BCUT2D eigenvalue weighted by molar-refractivity contribution is 0.102. The van der Waals surface area contributed by atoms with Crippen molar-refractivity contribution in [3.63, 3.8) is 0 Å². The molecule has 0 aliphatic heterocycles. The molecule has 0 aliphatic carbocycles. The second kappa shape index (κ2) is 8.43. The average Bonchev–Trinajstić information content (AvgIpc) is 2.62. The van der Waals surface area contributed by atoms with E-state index in [1.807, 2.05) is 6.92 Å². The van der Waals surface area contributed by atoms with Gasteiger partial charge in [0, 0.05) is 11.3 Å². The molecule has 0 saturated carbocycles. The SMILES string of the molecule is CCCSc1nc(N)c(NC(=O)c2ccc(OC)c(OC)c2)c(=O)[nH]1. The topological polar surface area (TPSA) is 119 Å². The molecule has 4 N–H and O–H groups in total. The van der Waals surface area contributed by atoms with Gasteiger partial charge in [0.1, 0.15) is 5.69 Å². The number of aromatic amines is 1. The van der Waals surface area contributed by atoms with E-state index >= 15 is 0 Å². The highest BCUT2D eigenvalue weighted by Gasteiger charge is 2.15. The minimum absolute atomic E-state index is 0.0313. The normalized spacial score (nSPS) is 10.4. The molecule has 2 rings (SSSR count). The van der Waals surface area contributed by atoms with Crippen LogP contribution < -0.4 is 26.1 Å². The van der Waals surface area contributed by atoms with Gasteiger partial charge in [-0.15, -0.1) is 0 Å². The van der Waals surface area contributed by atoms with Crippen LogP contribution in [0.2, 0.25) is 0 Å². The van der Waals surface area contributed by atoms with Crippen molar-refractivity contribution >= 4 is 29.2 Å². The zero-order valence-corrected chi connectivity index (χ0v) is 15.0. The highest BCUT2D eigenvalue weighted by Crippen LogP contribution is 2.28. The number of aromatic nitrogens is 2.